The molecular formula is C18H22ClN5O. The van der Waals surface area contributed by atoms with E-state index in [9.17, 15) is 4.79 Å². The Kier molecular flexibility index (Phi) is 5.38. The van der Waals surface area contributed by atoms with Crippen LogP contribution in [0.1, 0.15) is 12.5 Å². The largest absolute Gasteiger partial charge is 0.352 e. The lowest BCUT2D eigenvalue weighted by atomic mass is 10.2. The molecular weight excluding hydrogens is 338 g/mol. The van der Waals surface area contributed by atoms with E-state index >= 15 is 0 Å². The Bertz CT molecular complexity index is 754. The van der Waals surface area contributed by atoms with Gasteiger partial charge in [0.05, 0.1) is 6.54 Å². The van der Waals surface area contributed by atoms with Gasteiger partial charge in [0.2, 0.25) is 5.91 Å². The highest BCUT2D eigenvalue weighted by atomic mass is 35.5. The molecule has 1 amide bonds. The second-order valence-electron chi connectivity index (χ2n) is 6.08. The van der Waals surface area contributed by atoms with Crippen LogP contribution in [0.3, 0.4) is 0 Å². The first-order valence-electron chi connectivity index (χ1n) is 8.37. The van der Waals surface area contributed by atoms with E-state index in [1.807, 2.05) is 42.3 Å². The average Bonchev–Trinajstić information content (AvgIpc) is 2.63. The van der Waals surface area contributed by atoms with E-state index in [0.29, 0.717) is 19.6 Å². The maximum absolute atomic E-state index is 11.9. The molecule has 1 aliphatic heterocycles. The molecule has 2 heterocycles. The Labute approximate surface area is 153 Å². The van der Waals surface area contributed by atoms with Gasteiger partial charge in [-0.1, -0.05) is 29.8 Å². The molecule has 0 bridgehead atoms. The summed E-state index contributed by atoms with van der Waals surface area (Å²) in [6, 6.07) is 9.77. The van der Waals surface area contributed by atoms with Gasteiger partial charge in [-0.15, -0.1) is 0 Å². The van der Waals surface area contributed by atoms with Gasteiger partial charge in [-0.05, 0) is 18.6 Å². The smallest absolute Gasteiger partial charge is 0.241 e. The predicted molar refractivity (Wildman–Crippen MR) is 100 cm³/mol. The van der Waals surface area contributed by atoms with Crippen LogP contribution in [0.15, 0.2) is 36.7 Å². The maximum Gasteiger partial charge on any atom is 0.241 e. The lowest BCUT2D eigenvalue weighted by Gasteiger charge is -2.33. The highest BCUT2D eigenvalue weighted by Gasteiger charge is 2.22. The number of likely N-dealkylation sites (N-methyl/N-ethyl adjacent to an activating group) is 1. The van der Waals surface area contributed by atoms with Gasteiger partial charge >= 0.3 is 0 Å². The minimum absolute atomic E-state index is 0.106. The zero-order chi connectivity index (χ0) is 17.8. The Morgan fingerprint density at radius 2 is 2.04 bits per heavy atom. The number of piperazine rings is 1. The van der Waals surface area contributed by atoms with Crippen molar-refractivity contribution in [3.8, 4) is 0 Å². The van der Waals surface area contributed by atoms with Gasteiger partial charge in [0, 0.05) is 44.3 Å². The third-order valence-electron chi connectivity index (χ3n) is 4.44. The topological polar surface area (TPSA) is 52.6 Å². The van der Waals surface area contributed by atoms with Gasteiger partial charge < -0.3 is 14.7 Å². The Hall–Kier alpha value is -2.34. The molecule has 7 heteroatoms. The van der Waals surface area contributed by atoms with Crippen molar-refractivity contribution in [2.45, 2.75) is 13.5 Å². The first-order valence-corrected chi connectivity index (χ1v) is 8.75. The second kappa shape index (κ2) is 7.70. The summed E-state index contributed by atoms with van der Waals surface area (Å²) in [6.45, 7) is 5.38. The van der Waals surface area contributed by atoms with Crippen LogP contribution in [0.25, 0.3) is 0 Å². The number of benzene rings is 1. The lowest BCUT2D eigenvalue weighted by molar-refractivity contribution is -0.129. The van der Waals surface area contributed by atoms with Crippen molar-refractivity contribution in [1.29, 1.82) is 0 Å². The summed E-state index contributed by atoms with van der Waals surface area (Å²) < 4.78 is 0. The van der Waals surface area contributed by atoms with Gasteiger partial charge in [-0.25, -0.2) is 9.97 Å². The van der Waals surface area contributed by atoms with E-state index in [-0.39, 0.29) is 5.91 Å². The number of halogens is 1. The van der Waals surface area contributed by atoms with Crippen molar-refractivity contribution in [3.63, 3.8) is 0 Å². The SMILES string of the molecule is CCN(Cc1ccccc1Cl)c1cc(N2CCN(C)C(=O)C2)ncn1. The number of nitrogens with zero attached hydrogens (tertiary/aromatic N) is 5. The minimum atomic E-state index is 0.106. The van der Waals surface area contributed by atoms with Crippen molar-refractivity contribution in [1.82, 2.24) is 14.9 Å². The van der Waals surface area contributed by atoms with Crippen LogP contribution < -0.4 is 9.80 Å². The van der Waals surface area contributed by atoms with Crippen LogP contribution in [-0.2, 0) is 11.3 Å². The molecule has 1 aromatic carbocycles. The van der Waals surface area contributed by atoms with Crippen molar-refractivity contribution in [3.05, 3.63) is 47.2 Å². The fraction of sp³-hybridized carbons (Fsp3) is 0.389. The average molecular weight is 360 g/mol. The second-order valence-corrected chi connectivity index (χ2v) is 6.48. The van der Waals surface area contributed by atoms with Crippen LogP contribution in [-0.4, -0.2) is 54.0 Å². The molecule has 132 valence electrons. The van der Waals surface area contributed by atoms with E-state index in [1.165, 1.54) is 0 Å². The molecule has 0 spiro atoms. The van der Waals surface area contributed by atoms with Gasteiger partial charge in [0.25, 0.3) is 0 Å². The van der Waals surface area contributed by atoms with Crippen LogP contribution in [0, 0.1) is 0 Å². The highest BCUT2D eigenvalue weighted by molar-refractivity contribution is 6.31. The molecule has 3 rings (SSSR count). The summed E-state index contributed by atoms with van der Waals surface area (Å²) in [5, 5.41) is 0.750. The highest BCUT2D eigenvalue weighted by Crippen LogP contribution is 2.23. The Morgan fingerprint density at radius 3 is 2.76 bits per heavy atom. The van der Waals surface area contributed by atoms with Crippen molar-refractivity contribution < 1.29 is 4.79 Å². The maximum atomic E-state index is 11.9. The summed E-state index contributed by atoms with van der Waals surface area (Å²) in [5.41, 5.74) is 1.06. The van der Waals surface area contributed by atoms with Gasteiger partial charge in [0.1, 0.15) is 18.0 Å². The standard InChI is InChI=1S/C18H22ClN5O/c1-3-23(11-14-6-4-5-7-15(14)19)16-10-17(21-13-20-16)24-9-8-22(2)18(25)12-24/h4-7,10,13H,3,8-9,11-12H2,1-2H3. The molecule has 1 fully saturated rings. The number of hydrogen-bond acceptors (Lipinski definition) is 5. The number of aromatic nitrogens is 2. The summed E-state index contributed by atoms with van der Waals surface area (Å²) in [7, 11) is 1.83. The van der Waals surface area contributed by atoms with E-state index < -0.39 is 0 Å². The van der Waals surface area contributed by atoms with Gasteiger partial charge in [-0.2, -0.15) is 0 Å². The zero-order valence-electron chi connectivity index (χ0n) is 14.5. The van der Waals surface area contributed by atoms with E-state index in [2.05, 4.69) is 21.8 Å². The van der Waals surface area contributed by atoms with Crippen LogP contribution in [0.5, 0.6) is 0 Å². The number of anilines is 2. The molecule has 0 radical (unpaired) electrons. The third kappa shape index (κ3) is 4.02. The summed E-state index contributed by atoms with van der Waals surface area (Å²) in [6.07, 6.45) is 1.56. The predicted octanol–water partition coefficient (Wildman–Crippen LogP) is 2.43. The molecule has 25 heavy (non-hydrogen) atoms. The van der Waals surface area contributed by atoms with Crippen molar-refractivity contribution in [2.75, 3.05) is 43.0 Å². The molecule has 0 aliphatic carbocycles. The number of amides is 1. The van der Waals surface area contributed by atoms with Crippen LogP contribution in [0.2, 0.25) is 5.02 Å². The number of carbonyl (C=O) groups is 1. The Balaban J connectivity index is 1.79. The molecule has 2 aromatic rings. The first kappa shape index (κ1) is 17.5. The molecule has 1 aromatic heterocycles. The Morgan fingerprint density at radius 1 is 1.24 bits per heavy atom. The van der Waals surface area contributed by atoms with Crippen molar-refractivity contribution in [2.24, 2.45) is 0 Å². The van der Waals surface area contributed by atoms with Gasteiger partial charge in [-0.3, -0.25) is 4.79 Å². The lowest BCUT2D eigenvalue weighted by Crippen LogP contribution is -2.48. The fourth-order valence-electron chi connectivity index (χ4n) is 2.82. The van der Waals surface area contributed by atoms with E-state index in [4.69, 9.17) is 11.6 Å². The summed E-state index contributed by atoms with van der Waals surface area (Å²) in [5.74, 6) is 1.72. The first-order chi connectivity index (χ1) is 12.1. The van der Waals surface area contributed by atoms with Crippen LogP contribution in [0.4, 0.5) is 11.6 Å². The number of hydrogen-bond donors (Lipinski definition) is 0. The fourth-order valence-corrected chi connectivity index (χ4v) is 3.02. The molecule has 0 saturated carbocycles. The number of rotatable bonds is 5. The van der Waals surface area contributed by atoms with Crippen LogP contribution >= 0.6 is 11.6 Å². The minimum Gasteiger partial charge on any atom is -0.352 e. The molecule has 1 aliphatic rings. The number of carbonyl (C=O) groups excluding carboxylic acids is 1. The summed E-state index contributed by atoms with van der Waals surface area (Å²) in [4.78, 5) is 26.6. The molecule has 6 nitrogen and oxygen atoms in total. The van der Waals surface area contributed by atoms with Gasteiger partial charge in [0.15, 0.2) is 0 Å². The van der Waals surface area contributed by atoms with E-state index in [1.54, 1.807) is 11.2 Å². The normalized spacial score (nSPS) is 14.8. The monoisotopic (exact) mass is 359 g/mol. The third-order valence-corrected chi connectivity index (χ3v) is 4.81. The summed E-state index contributed by atoms with van der Waals surface area (Å²) >= 11 is 6.29. The molecule has 0 unspecified atom stereocenters. The van der Waals surface area contributed by atoms with Crippen molar-refractivity contribution >= 4 is 29.1 Å². The quantitative estimate of drug-likeness (QED) is 0.820. The molecule has 0 atom stereocenters. The zero-order valence-corrected chi connectivity index (χ0v) is 15.3. The molecule has 0 N–H and O–H groups in total. The molecule has 1 saturated heterocycles. The van der Waals surface area contributed by atoms with E-state index in [0.717, 1.165) is 35.3 Å².